The van der Waals surface area contributed by atoms with E-state index in [4.69, 9.17) is 15.6 Å². The minimum absolute atomic E-state index is 0.0879. The number of nitrogens with two attached hydrogens (primary N) is 1. The molecule has 0 radical (unpaired) electrons. The molecule has 0 aromatic heterocycles. The average Bonchev–Trinajstić information content (AvgIpc) is 2.93. The van der Waals surface area contributed by atoms with Crippen LogP contribution in [0.3, 0.4) is 0 Å². The number of carboxylic acid groups (broad SMARTS) is 1. The first kappa shape index (κ1) is 21.3. The van der Waals surface area contributed by atoms with Gasteiger partial charge in [-0.1, -0.05) is 48.5 Å². The van der Waals surface area contributed by atoms with Crippen molar-refractivity contribution >= 4 is 12.1 Å². The van der Waals surface area contributed by atoms with Gasteiger partial charge in [-0.05, 0) is 28.7 Å². The molecular formula is C20H20F3NO4. The normalized spacial score (nSPS) is 12.4. The summed E-state index contributed by atoms with van der Waals surface area (Å²) >= 11 is 0. The lowest BCUT2D eigenvalue weighted by atomic mass is 9.98. The zero-order chi connectivity index (χ0) is 20.7. The highest BCUT2D eigenvalue weighted by Gasteiger charge is 2.28. The van der Waals surface area contributed by atoms with Gasteiger partial charge in [-0.15, -0.1) is 0 Å². The summed E-state index contributed by atoms with van der Waals surface area (Å²) in [5.74, 6) is -1.10. The molecule has 0 heterocycles. The molecule has 5 nitrogen and oxygen atoms in total. The fourth-order valence-electron chi connectivity index (χ4n) is 3.04. The van der Waals surface area contributed by atoms with Crippen molar-refractivity contribution in [3.8, 4) is 11.1 Å². The molecule has 3 N–H and O–H groups in total. The summed E-state index contributed by atoms with van der Waals surface area (Å²) in [5, 5.41) is 7.94. The highest BCUT2D eigenvalue weighted by Crippen LogP contribution is 2.44. The van der Waals surface area contributed by atoms with Crippen molar-refractivity contribution < 1.29 is 32.6 Å². The molecule has 1 aliphatic rings. The third-order valence-electron chi connectivity index (χ3n) is 4.21. The zero-order valence-corrected chi connectivity index (χ0v) is 14.9. The van der Waals surface area contributed by atoms with Crippen molar-refractivity contribution in [2.45, 2.75) is 31.4 Å². The Morgan fingerprint density at radius 2 is 1.50 bits per heavy atom. The van der Waals surface area contributed by atoms with Gasteiger partial charge in [-0.2, -0.15) is 13.2 Å². The van der Waals surface area contributed by atoms with E-state index in [1.165, 1.54) is 22.3 Å². The van der Waals surface area contributed by atoms with E-state index < -0.39 is 31.1 Å². The van der Waals surface area contributed by atoms with Crippen LogP contribution >= 0.6 is 0 Å². The Hall–Kier alpha value is -3.03. The molecular weight excluding hydrogens is 375 g/mol. The first-order valence-electron chi connectivity index (χ1n) is 8.58. The second kappa shape index (κ2) is 9.25. The van der Waals surface area contributed by atoms with Crippen LogP contribution in [0.1, 0.15) is 36.3 Å². The van der Waals surface area contributed by atoms with Crippen LogP contribution in [0.5, 0.6) is 0 Å². The molecule has 1 amide bonds. The van der Waals surface area contributed by atoms with Gasteiger partial charge in [0, 0.05) is 18.8 Å². The number of hydrogen-bond donors (Lipinski definition) is 2. The lowest BCUT2D eigenvalue weighted by molar-refractivity contribution is -0.142. The quantitative estimate of drug-likeness (QED) is 0.768. The van der Waals surface area contributed by atoms with Gasteiger partial charge in [0.25, 0.3) is 0 Å². The van der Waals surface area contributed by atoms with Gasteiger partial charge in [0.2, 0.25) is 0 Å². The number of carbonyl (C=O) groups is 2. The molecule has 0 saturated heterocycles. The Labute approximate surface area is 159 Å². The monoisotopic (exact) mass is 395 g/mol. The number of primary amides is 1. The molecule has 28 heavy (non-hydrogen) atoms. The Morgan fingerprint density at radius 3 is 1.93 bits per heavy atom. The molecule has 0 unspecified atom stereocenters. The van der Waals surface area contributed by atoms with Crippen molar-refractivity contribution in [2.75, 3.05) is 6.61 Å². The third-order valence-corrected chi connectivity index (χ3v) is 4.21. The van der Waals surface area contributed by atoms with Crippen LogP contribution in [0.25, 0.3) is 11.1 Å². The molecule has 0 bridgehead atoms. The van der Waals surface area contributed by atoms with Gasteiger partial charge in [0.05, 0.1) is 0 Å². The van der Waals surface area contributed by atoms with E-state index in [0.717, 1.165) is 0 Å². The van der Waals surface area contributed by atoms with Crippen LogP contribution in [0.15, 0.2) is 48.5 Å². The number of ether oxygens (including phenoxy) is 1. The maximum Gasteiger partial charge on any atom is 0.404 e. The largest absolute Gasteiger partial charge is 0.481 e. The van der Waals surface area contributed by atoms with Crippen LogP contribution in [-0.4, -0.2) is 30.0 Å². The minimum atomic E-state index is -4.23. The molecule has 3 rings (SSSR count). The van der Waals surface area contributed by atoms with Crippen LogP contribution in [-0.2, 0) is 9.53 Å². The van der Waals surface area contributed by atoms with Crippen LogP contribution < -0.4 is 5.73 Å². The molecule has 0 aliphatic heterocycles. The van der Waals surface area contributed by atoms with E-state index in [-0.39, 0.29) is 12.3 Å². The molecule has 2 aromatic carbocycles. The fourth-order valence-corrected chi connectivity index (χ4v) is 3.04. The highest BCUT2D eigenvalue weighted by atomic mass is 19.4. The number of rotatable bonds is 5. The number of aliphatic carboxylic acids is 1. The molecule has 2 aromatic rings. The van der Waals surface area contributed by atoms with E-state index in [0.29, 0.717) is 6.61 Å². The fraction of sp³-hybridized carbons (Fsp3) is 0.300. The van der Waals surface area contributed by atoms with Crippen LogP contribution in [0, 0.1) is 0 Å². The SMILES string of the molecule is NC(=O)OCC1c2ccccc2-c2ccccc21.O=C(O)CCCC(F)(F)F. The minimum Gasteiger partial charge on any atom is -0.481 e. The summed E-state index contributed by atoms with van der Waals surface area (Å²) in [6, 6.07) is 16.4. The topological polar surface area (TPSA) is 89.6 Å². The van der Waals surface area contributed by atoms with Gasteiger partial charge in [0.1, 0.15) is 6.61 Å². The van der Waals surface area contributed by atoms with Crippen molar-refractivity contribution in [1.82, 2.24) is 0 Å². The maximum absolute atomic E-state index is 11.3. The number of amides is 1. The Morgan fingerprint density at radius 1 is 1.00 bits per heavy atom. The van der Waals surface area contributed by atoms with E-state index in [2.05, 4.69) is 24.3 Å². The van der Waals surface area contributed by atoms with Crippen molar-refractivity contribution in [1.29, 1.82) is 0 Å². The molecule has 0 fully saturated rings. The first-order chi connectivity index (χ1) is 13.2. The van der Waals surface area contributed by atoms with Gasteiger partial charge >= 0.3 is 18.2 Å². The number of alkyl halides is 3. The number of hydrogen-bond acceptors (Lipinski definition) is 3. The molecule has 0 saturated carbocycles. The summed E-state index contributed by atoms with van der Waals surface area (Å²) in [7, 11) is 0. The van der Waals surface area contributed by atoms with Crippen molar-refractivity contribution in [3.05, 3.63) is 59.7 Å². The number of halogens is 3. The average molecular weight is 395 g/mol. The van der Waals surface area contributed by atoms with Crippen molar-refractivity contribution in [3.63, 3.8) is 0 Å². The standard InChI is InChI=1S/C15H13NO2.C5H7F3O2/c16-15(17)18-9-14-12-7-3-1-5-10(12)11-6-2-4-8-13(11)14;6-5(7,8)3-1-2-4(9)10/h1-8,14H,9H2,(H2,16,17);1-3H2,(H,9,10). The Bertz CT molecular complexity index is 791. The molecule has 8 heteroatoms. The maximum atomic E-state index is 11.3. The van der Waals surface area contributed by atoms with E-state index in [9.17, 15) is 22.8 Å². The number of carboxylic acids is 1. The smallest absolute Gasteiger partial charge is 0.404 e. The van der Waals surface area contributed by atoms with Gasteiger partial charge in [-0.25, -0.2) is 4.79 Å². The van der Waals surface area contributed by atoms with Gasteiger partial charge in [-0.3, -0.25) is 4.79 Å². The van der Waals surface area contributed by atoms with Crippen LogP contribution in [0.2, 0.25) is 0 Å². The highest BCUT2D eigenvalue weighted by molar-refractivity contribution is 5.79. The van der Waals surface area contributed by atoms with Gasteiger partial charge < -0.3 is 15.6 Å². The van der Waals surface area contributed by atoms with Crippen molar-refractivity contribution in [2.24, 2.45) is 5.73 Å². The van der Waals surface area contributed by atoms with Crippen LogP contribution in [0.4, 0.5) is 18.0 Å². The van der Waals surface area contributed by atoms with E-state index >= 15 is 0 Å². The molecule has 150 valence electrons. The zero-order valence-electron chi connectivity index (χ0n) is 14.9. The number of benzene rings is 2. The predicted molar refractivity (Wildman–Crippen MR) is 96.8 cm³/mol. The second-order valence-electron chi connectivity index (χ2n) is 6.22. The molecule has 0 spiro atoms. The predicted octanol–water partition coefficient (Wildman–Crippen LogP) is 4.70. The Balaban J connectivity index is 0.000000242. The first-order valence-corrected chi connectivity index (χ1v) is 8.58. The van der Waals surface area contributed by atoms with Gasteiger partial charge in [0.15, 0.2) is 0 Å². The molecule has 1 aliphatic carbocycles. The molecule has 0 atom stereocenters. The van der Waals surface area contributed by atoms with E-state index in [1.807, 2.05) is 24.3 Å². The third kappa shape index (κ3) is 6.00. The summed E-state index contributed by atoms with van der Waals surface area (Å²) in [4.78, 5) is 20.5. The summed E-state index contributed by atoms with van der Waals surface area (Å²) in [6.07, 6.45) is -6.72. The summed E-state index contributed by atoms with van der Waals surface area (Å²) in [5.41, 5.74) is 9.87. The number of fused-ring (bicyclic) bond motifs is 3. The number of carbonyl (C=O) groups excluding carboxylic acids is 1. The van der Waals surface area contributed by atoms with E-state index in [1.54, 1.807) is 0 Å². The Kier molecular flexibility index (Phi) is 7.03. The lowest BCUT2D eigenvalue weighted by Crippen LogP contribution is -2.17. The lowest BCUT2D eigenvalue weighted by Gasteiger charge is -2.12. The second-order valence-corrected chi connectivity index (χ2v) is 6.22. The summed E-state index contributed by atoms with van der Waals surface area (Å²) < 4.78 is 38.9. The summed E-state index contributed by atoms with van der Waals surface area (Å²) in [6.45, 7) is 0.295.